The molecule has 2 N–H and O–H groups in total. The molecule has 19 heavy (non-hydrogen) atoms. The number of carbonyl (C=O) groups excluding carboxylic acids is 1. The summed E-state index contributed by atoms with van der Waals surface area (Å²) in [6.07, 6.45) is 5.23. The molecule has 2 bridgehead atoms. The van der Waals surface area contributed by atoms with Gasteiger partial charge in [-0.3, -0.25) is 9.59 Å². The van der Waals surface area contributed by atoms with Gasteiger partial charge in [-0.15, -0.1) is 0 Å². The lowest BCUT2D eigenvalue weighted by Crippen LogP contribution is -2.38. The van der Waals surface area contributed by atoms with E-state index in [1.165, 1.54) is 0 Å². The predicted octanol–water partition coefficient (Wildman–Crippen LogP) is 0.840. The summed E-state index contributed by atoms with van der Waals surface area (Å²) < 4.78 is 0. The monoisotopic (exact) mass is 266 g/mol. The number of fused-ring (bicyclic) bond motifs is 2. The first-order chi connectivity index (χ1) is 9.16. The Morgan fingerprint density at radius 3 is 2.74 bits per heavy atom. The fraction of sp³-hybridized carbons (Fsp3) is 0.857. The first kappa shape index (κ1) is 12.9. The van der Waals surface area contributed by atoms with Crippen LogP contribution in [0, 0.1) is 11.8 Å². The number of aliphatic carboxylic acids is 1. The maximum absolute atomic E-state index is 12.3. The Balaban J connectivity index is 1.56. The fourth-order valence-corrected chi connectivity index (χ4v) is 4.06. The van der Waals surface area contributed by atoms with E-state index in [-0.39, 0.29) is 23.9 Å². The Morgan fingerprint density at radius 2 is 2.11 bits per heavy atom. The standard InChI is InChI=1S/C14H22N2O3/c17-13(4-1-9-5-6-15-8-9)16-10-2-3-12(16)11(7-10)14(18)19/h9-12,15H,1-8H2,(H,18,19). The normalized spacial score (nSPS) is 36.9. The van der Waals surface area contributed by atoms with Crippen LogP contribution in [0.3, 0.4) is 0 Å². The highest BCUT2D eigenvalue weighted by atomic mass is 16.4. The van der Waals surface area contributed by atoms with E-state index in [2.05, 4.69) is 5.32 Å². The zero-order valence-corrected chi connectivity index (χ0v) is 11.2. The smallest absolute Gasteiger partial charge is 0.308 e. The maximum Gasteiger partial charge on any atom is 0.308 e. The number of rotatable bonds is 4. The molecular formula is C14H22N2O3. The Kier molecular flexibility index (Phi) is 3.48. The molecule has 3 heterocycles. The van der Waals surface area contributed by atoms with Gasteiger partial charge in [0.15, 0.2) is 0 Å². The van der Waals surface area contributed by atoms with Gasteiger partial charge >= 0.3 is 5.97 Å². The van der Waals surface area contributed by atoms with Crippen LogP contribution in [0.2, 0.25) is 0 Å². The molecule has 0 aromatic carbocycles. The summed E-state index contributed by atoms with van der Waals surface area (Å²) in [5.74, 6) is -0.247. The summed E-state index contributed by atoms with van der Waals surface area (Å²) in [4.78, 5) is 25.4. The van der Waals surface area contributed by atoms with E-state index in [1.807, 2.05) is 4.90 Å². The van der Waals surface area contributed by atoms with E-state index in [0.717, 1.165) is 38.8 Å². The van der Waals surface area contributed by atoms with Crippen molar-refractivity contribution in [3.05, 3.63) is 0 Å². The largest absolute Gasteiger partial charge is 0.481 e. The topological polar surface area (TPSA) is 69.6 Å². The first-order valence-electron chi connectivity index (χ1n) is 7.41. The highest BCUT2D eigenvalue weighted by Gasteiger charge is 2.50. The Labute approximate surface area is 113 Å². The van der Waals surface area contributed by atoms with E-state index in [4.69, 9.17) is 0 Å². The molecule has 0 saturated carbocycles. The number of amides is 1. The highest BCUT2D eigenvalue weighted by molar-refractivity contribution is 5.80. The molecular weight excluding hydrogens is 244 g/mol. The van der Waals surface area contributed by atoms with Crippen LogP contribution in [-0.2, 0) is 9.59 Å². The average Bonchev–Trinajstić information content (AvgIpc) is 3.11. The number of hydrogen-bond donors (Lipinski definition) is 2. The molecule has 0 aromatic heterocycles. The van der Waals surface area contributed by atoms with Gasteiger partial charge < -0.3 is 15.3 Å². The number of hydrogen-bond acceptors (Lipinski definition) is 3. The number of carboxylic acids is 1. The van der Waals surface area contributed by atoms with Crippen LogP contribution >= 0.6 is 0 Å². The number of carbonyl (C=O) groups is 2. The summed E-state index contributed by atoms with van der Waals surface area (Å²) in [6, 6.07) is 0.164. The van der Waals surface area contributed by atoms with Gasteiger partial charge in [-0.05, 0) is 51.1 Å². The Bertz CT molecular complexity index is 379. The minimum absolute atomic E-state index is 0.0308. The summed E-state index contributed by atoms with van der Waals surface area (Å²) in [5.41, 5.74) is 0. The molecule has 1 amide bonds. The van der Waals surface area contributed by atoms with Crippen molar-refractivity contribution >= 4 is 11.9 Å². The van der Waals surface area contributed by atoms with E-state index in [0.29, 0.717) is 18.8 Å². The molecule has 3 fully saturated rings. The van der Waals surface area contributed by atoms with Gasteiger partial charge in [0, 0.05) is 18.5 Å². The van der Waals surface area contributed by atoms with Gasteiger partial charge in [0.1, 0.15) is 0 Å². The van der Waals surface area contributed by atoms with Crippen molar-refractivity contribution in [2.45, 2.75) is 50.6 Å². The van der Waals surface area contributed by atoms with Crippen molar-refractivity contribution in [1.82, 2.24) is 10.2 Å². The quantitative estimate of drug-likeness (QED) is 0.791. The second-order valence-corrected chi connectivity index (χ2v) is 6.18. The van der Waals surface area contributed by atoms with Gasteiger partial charge in [-0.2, -0.15) is 0 Å². The molecule has 0 aliphatic carbocycles. The zero-order valence-electron chi connectivity index (χ0n) is 11.2. The lowest BCUT2D eigenvalue weighted by Gasteiger charge is -2.23. The number of nitrogens with zero attached hydrogens (tertiary/aromatic N) is 1. The van der Waals surface area contributed by atoms with Crippen molar-refractivity contribution in [3.63, 3.8) is 0 Å². The molecule has 5 heteroatoms. The third-order valence-corrected chi connectivity index (χ3v) is 5.07. The second-order valence-electron chi connectivity index (χ2n) is 6.18. The lowest BCUT2D eigenvalue weighted by atomic mass is 9.89. The van der Waals surface area contributed by atoms with Gasteiger partial charge in [0.25, 0.3) is 0 Å². The predicted molar refractivity (Wildman–Crippen MR) is 69.6 cm³/mol. The summed E-state index contributed by atoms with van der Waals surface area (Å²) in [7, 11) is 0. The molecule has 4 atom stereocenters. The van der Waals surface area contributed by atoms with Crippen LogP contribution in [0.25, 0.3) is 0 Å². The molecule has 3 aliphatic rings. The molecule has 0 spiro atoms. The van der Waals surface area contributed by atoms with Crippen LogP contribution in [0.5, 0.6) is 0 Å². The van der Waals surface area contributed by atoms with Crippen LogP contribution in [-0.4, -0.2) is 47.1 Å². The van der Waals surface area contributed by atoms with Crippen LogP contribution in [0.15, 0.2) is 0 Å². The average molecular weight is 266 g/mol. The Morgan fingerprint density at radius 1 is 1.26 bits per heavy atom. The maximum atomic E-state index is 12.3. The van der Waals surface area contributed by atoms with Gasteiger partial charge in [0.05, 0.1) is 5.92 Å². The van der Waals surface area contributed by atoms with E-state index < -0.39 is 5.97 Å². The Hall–Kier alpha value is -1.10. The molecule has 5 nitrogen and oxygen atoms in total. The van der Waals surface area contributed by atoms with Crippen LogP contribution in [0.4, 0.5) is 0 Å². The zero-order chi connectivity index (χ0) is 13.4. The molecule has 106 valence electrons. The summed E-state index contributed by atoms with van der Waals surface area (Å²) >= 11 is 0. The molecule has 0 radical (unpaired) electrons. The molecule has 3 saturated heterocycles. The minimum atomic E-state index is -0.731. The summed E-state index contributed by atoms with van der Waals surface area (Å²) in [6.45, 7) is 2.09. The number of carboxylic acid groups (broad SMARTS) is 1. The molecule has 0 aromatic rings. The SMILES string of the molecule is O=C(O)C1CC2CCC1N2C(=O)CCC1CCNC1. The molecule has 3 rings (SSSR count). The van der Waals surface area contributed by atoms with Gasteiger partial charge in [-0.25, -0.2) is 0 Å². The molecule has 3 aliphatic heterocycles. The fourth-order valence-electron chi connectivity index (χ4n) is 4.06. The van der Waals surface area contributed by atoms with Crippen LogP contribution < -0.4 is 5.32 Å². The highest BCUT2D eigenvalue weighted by Crippen LogP contribution is 2.42. The lowest BCUT2D eigenvalue weighted by molar-refractivity contribution is -0.143. The van der Waals surface area contributed by atoms with Crippen molar-refractivity contribution in [3.8, 4) is 0 Å². The second kappa shape index (κ2) is 5.12. The van der Waals surface area contributed by atoms with E-state index in [9.17, 15) is 14.7 Å². The van der Waals surface area contributed by atoms with E-state index in [1.54, 1.807) is 0 Å². The van der Waals surface area contributed by atoms with E-state index >= 15 is 0 Å². The first-order valence-corrected chi connectivity index (χ1v) is 7.41. The van der Waals surface area contributed by atoms with Crippen LogP contribution in [0.1, 0.15) is 38.5 Å². The van der Waals surface area contributed by atoms with Crippen molar-refractivity contribution in [2.24, 2.45) is 11.8 Å². The van der Waals surface area contributed by atoms with Crippen molar-refractivity contribution < 1.29 is 14.7 Å². The number of nitrogens with one attached hydrogen (secondary N) is 1. The summed E-state index contributed by atoms with van der Waals surface area (Å²) in [5, 5.41) is 12.5. The van der Waals surface area contributed by atoms with Crippen molar-refractivity contribution in [1.29, 1.82) is 0 Å². The van der Waals surface area contributed by atoms with Gasteiger partial charge in [-0.1, -0.05) is 0 Å². The minimum Gasteiger partial charge on any atom is -0.481 e. The third kappa shape index (κ3) is 2.36. The third-order valence-electron chi connectivity index (χ3n) is 5.07. The van der Waals surface area contributed by atoms with Gasteiger partial charge in [0.2, 0.25) is 5.91 Å². The molecule has 4 unspecified atom stereocenters. The van der Waals surface area contributed by atoms with Crippen molar-refractivity contribution in [2.75, 3.05) is 13.1 Å².